The zero-order chi connectivity index (χ0) is 16.2. The van der Waals surface area contributed by atoms with Gasteiger partial charge in [0.25, 0.3) is 5.91 Å². The molecule has 0 spiro atoms. The number of thiazole rings is 1. The van der Waals surface area contributed by atoms with Crippen LogP contribution in [-0.4, -0.2) is 54.7 Å². The quantitative estimate of drug-likeness (QED) is 0.798. The number of carbonyl (C=O) groups is 2. The predicted molar refractivity (Wildman–Crippen MR) is 87.8 cm³/mol. The summed E-state index contributed by atoms with van der Waals surface area (Å²) in [5.74, 6) is -0.205. The van der Waals surface area contributed by atoms with E-state index in [0.29, 0.717) is 18.3 Å². The van der Waals surface area contributed by atoms with Crippen molar-refractivity contribution in [2.75, 3.05) is 32.1 Å². The molecule has 0 bridgehead atoms. The van der Waals surface area contributed by atoms with Crippen molar-refractivity contribution in [3.63, 3.8) is 0 Å². The number of carbonyl (C=O) groups excluding carboxylic acids is 2. The van der Waals surface area contributed by atoms with Gasteiger partial charge in [-0.25, -0.2) is 9.78 Å². The van der Waals surface area contributed by atoms with E-state index >= 15 is 0 Å². The Morgan fingerprint density at radius 3 is 2.96 bits per heavy atom. The Morgan fingerprint density at radius 2 is 2.13 bits per heavy atom. The highest BCUT2D eigenvalue weighted by Crippen LogP contribution is 2.29. The van der Waals surface area contributed by atoms with Gasteiger partial charge in [0.1, 0.15) is 0 Å². The molecule has 1 aromatic rings. The van der Waals surface area contributed by atoms with Crippen LogP contribution < -0.4 is 10.6 Å². The number of aromatic nitrogens is 1. The molecule has 1 aliphatic heterocycles. The first-order valence-corrected chi connectivity index (χ1v) is 8.86. The highest BCUT2D eigenvalue weighted by molar-refractivity contribution is 7.15. The molecule has 7 nitrogen and oxygen atoms in total. The fourth-order valence-electron chi connectivity index (χ4n) is 2.91. The number of fused-ring (bicyclic) bond motifs is 1. The second-order valence-electron chi connectivity index (χ2n) is 5.80. The average Bonchev–Trinajstić information content (AvgIpc) is 2.82. The van der Waals surface area contributed by atoms with E-state index < -0.39 is 6.10 Å². The maximum absolute atomic E-state index is 12.4. The number of anilines is 1. The first-order chi connectivity index (χ1) is 11.2. The molecule has 126 valence electrons. The van der Waals surface area contributed by atoms with Crippen molar-refractivity contribution in [2.45, 2.75) is 38.2 Å². The van der Waals surface area contributed by atoms with Gasteiger partial charge in [-0.15, -0.1) is 11.3 Å². The third kappa shape index (κ3) is 3.81. The molecule has 2 aliphatic rings. The Hall–Kier alpha value is -1.67. The van der Waals surface area contributed by atoms with Crippen LogP contribution in [0, 0.1) is 0 Å². The Balaban J connectivity index is 1.61. The van der Waals surface area contributed by atoms with E-state index in [-0.39, 0.29) is 18.5 Å². The van der Waals surface area contributed by atoms with Gasteiger partial charge in [0.05, 0.1) is 18.8 Å². The molecule has 2 heterocycles. The molecule has 1 saturated heterocycles. The van der Waals surface area contributed by atoms with Gasteiger partial charge in [0.15, 0.2) is 11.2 Å². The summed E-state index contributed by atoms with van der Waals surface area (Å²) in [6, 6.07) is -0.217. The van der Waals surface area contributed by atoms with Crippen LogP contribution in [0.4, 0.5) is 9.93 Å². The molecule has 0 unspecified atom stereocenters. The van der Waals surface area contributed by atoms with Crippen LogP contribution in [0.3, 0.4) is 0 Å². The lowest BCUT2D eigenvalue weighted by atomic mass is 10.2. The maximum atomic E-state index is 12.4. The Labute approximate surface area is 139 Å². The van der Waals surface area contributed by atoms with Gasteiger partial charge in [-0.2, -0.15) is 0 Å². The van der Waals surface area contributed by atoms with Crippen LogP contribution >= 0.6 is 11.3 Å². The number of morpholine rings is 1. The van der Waals surface area contributed by atoms with E-state index in [0.717, 1.165) is 18.5 Å². The summed E-state index contributed by atoms with van der Waals surface area (Å²) in [7, 11) is 1.56. The van der Waals surface area contributed by atoms with Crippen LogP contribution in [0.15, 0.2) is 0 Å². The summed E-state index contributed by atoms with van der Waals surface area (Å²) in [6.07, 6.45) is 5.06. The van der Waals surface area contributed by atoms with Gasteiger partial charge in [-0.05, 0) is 25.7 Å². The Morgan fingerprint density at radius 1 is 1.30 bits per heavy atom. The number of likely N-dealkylation sites (N-methyl/N-ethyl adjacent to an activating group) is 1. The largest absolute Gasteiger partial charge is 0.365 e. The molecule has 23 heavy (non-hydrogen) atoms. The van der Waals surface area contributed by atoms with Gasteiger partial charge in [0, 0.05) is 18.5 Å². The Bertz CT molecular complexity index is 566. The van der Waals surface area contributed by atoms with Crippen molar-refractivity contribution in [1.29, 1.82) is 0 Å². The third-order valence-electron chi connectivity index (χ3n) is 4.20. The molecule has 0 radical (unpaired) electrons. The molecule has 3 rings (SSSR count). The lowest BCUT2D eigenvalue weighted by Crippen LogP contribution is -2.52. The normalized spacial score (nSPS) is 21.3. The number of ether oxygens (including phenoxy) is 1. The zero-order valence-corrected chi connectivity index (χ0v) is 14.1. The molecule has 1 atom stereocenters. The number of aryl methyl sites for hydroxylation is 2. The number of rotatable bonds is 2. The number of urea groups is 1. The fourth-order valence-corrected chi connectivity index (χ4v) is 3.95. The minimum Gasteiger partial charge on any atom is -0.365 e. The van der Waals surface area contributed by atoms with Crippen LogP contribution in [0.25, 0.3) is 0 Å². The van der Waals surface area contributed by atoms with E-state index in [1.165, 1.54) is 24.1 Å². The number of nitrogens with zero attached hydrogens (tertiary/aromatic N) is 2. The van der Waals surface area contributed by atoms with Crippen molar-refractivity contribution < 1.29 is 14.3 Å². The fraction of sp³-hybridized carbons (Fsp3) is 0.667. The minimum absolute atomic E-state index is 0.205. The monoisotopic (exact) mass is 338 g/mol. The third-order valence-corrected chi connectivity index (χ3v) is 5.27. The summed E-state index contributed by atoms with van der Waals surface area (Å²) >= 11 is 1.57. The van der Waals surface area contributed by atoms with Crippen LogP contribution in [-0.2, 0) is 22.4 Å². The maximum Gasteiger partial charge on any atom is 0.323 e. The molecule has 2 N–H and O–H groups in total. The van der Waals surface area contributed by atoms with Gasteiger partial charge in [-0.3, -0.25) is 10.1 Å². The number of hydrogen-bond acceptors (Lipinski definition) is 5. The molecule has 8 heteroatoms. The smallest absolute Gasteiger partial charge is 0.323 e. The van der Waals surface area contributed by atoms with E-state index in [4.69, 9.17) is 4.74 Å². The molecule has 1 aromatic heterocycles. The van der Waals surface area contributed by atoms with Crippen molar-refractivity contribution in [3.05, 3.63) is 10.6 Å². The van der Waals surface area contributed by atoms with Gasteiger partial charge >= 0.3 is 6.03 Å². The minimum atomic E-state index is -0.604. The molecule has 1 aliphatic carbocycles. The number of amides is 3. The average molecular weight is 338 g/mol. The Kier molecular flexibility index (Phi) is 5.12. The van der Waals surface area contributed by atoms with Crippen LogP contribution in [0.1, 0.15) is 29.8 Å². The van der Waals surface area contributed by atoms with E-state index in [9.17, 15) is 9.59 Å². The lowest BCUT2D eigenvalue weighted by Gasteiger charge is -2.31. The summed E-state index contributed by atoms with van der Waals surface area (Å²) in [5.41, 5.74) is 1.13. The number of nitrogens with one attached hydrogen (secondary N) is 2. The molecule has 0 aromatic carbocycles. The summed E-state index contributed by atoms with van der Waals surface area (Å²) < 4.78 is 5.39. The standard InChI is InChI=1S/C15H22N4O3S/c1-16-13(20)11-9-19(7-8-22-11)15(21)18-14-17-10-5-3-2-4-6-12(10)23-14/h11H,2-9H2,1H3,(H,16,20)(H,17,18,21)/t11-/m0/s1. The van der Waals surface area contributed by atoms with Crippen LogP contribution in [0.5, 0.6) is 0 Å². The summed E-state index contributed by atoms with van der Waals surface area (Å²) in [6.45, 7) is 1.10. The van der Waals surface area contributed by atoms with Crippen molar-refractivity contribution >= 4 is 28.4 Å². The van der Waals surface area contributed by atoms with Crippen molar-refractivity contribution in [3.8, 4) is 0 Å². The summed E-state index contributed by atoms with van der Waals surface area (Å²) in [4.78, 5) is 31.5. The topological polar surface area (TPSA) is 83.6 Å². The second-order valence-corrected chi connectivity index (χ2v) is 6.88. The number of hydrogen-bond donors (Lipinski definition) is 2. The molecule has 3 amide bonds. The van der Waals surface area contributed by atoms with Crippen molar-refractivity contribution in [2.24, 2.45) is 0 Å². The molecule has 0 saturated carbocycles. The second kappa shape index (κ2) is 7.27. The predicted octanol–water partition coefficient (Wildman–Crippen LogP) is 1.39. The molecular formula is C15H22N4O3S. The van der Waals surface area contributed by atoms with E-state index in [2.05, 4.69) is 15.6 Å². The van der Waals surface area contributed by atoms with Gasteiger partial charge < -0.3 is 15.0 Å². The molecular weight excluding hydrogens is 316 g/mol. The van der Waals surface area contributed by atoms with Gasteiger partial charge in [-0.1, -0.05) is 6.42 Å². The lowest BCUT2D eigenvalue weighted by molar-refractivity contribution is -0.136. The highest BCUT2D eigenvalue weighted by Gasteiger charge is 2.29. The SMILES string of the molecule is CNC(=O)[C@@H]1CN(C(=O)Nc2nc3c(s2)CCCCC3)CCO1. The van der Waals surface area contributed by atoms with E-state index in [1.54, 1.807) is 23.3 Å². The first kappa shape index (κ1) is 16.2. The first-order valence-electron chi connectivity index (χ1n) is 8.05. The van der Waals surface area contributed by atoms with Crippen molar-refractivity contribution in [1.82, 2.24) is 15.2 Å². The summed E-state index contributed by atoms with van der Waals surface area (Å²) in [5, 5.41) is 6.08. The van der Waals surface area contributed by atoms with E-state index in [1.807, 2.05) is 0 Å². The highest BCUT2D eigenvalue weighted by atomic mass is 32.1. The van der Waals surface area contributed by atoms with Crippen LogP contribution in [0.2, 0.25) is 0 Å². The molecule has 1 fully saturated rings. The van der Waals surface area contributed by atoms with Gasteiger partial charge in [0.2, 0.25) is 0 Å². The zero-order valence-electron chi connectivity index (χ0n) is 13.3.